The van der Waals surface area contributed by atoms with Crippen LogP contribution in [0.4, 0.5) is 4.39 Å². The third-order valence-corrected chi connectivity index (χ3v) is 3.82. The summed E-state index contributed by atoms with van der Waals surface area (Å²) in [6, 6.07) is 12.1. The number of hydrogen-bond donors (Lipinski definition) is 1. The van der Waals surface area contributed by atoms with E-state index in [1.54, 1.807) is 13.2 Å². The molecular formula is C16H17BrFNO2. The first-order valence-corrected chi connectivity index (χ1v) is 7.32. The van der Waals surface area contributed by atoms with Crippen LogP contribution >= 0.6 is 15.9 Å². The number of rotatable bonds is 6. The van der Waals surface area contributed by atoms with Crippen LogP contribution < -0.4 is 14.8 Å². The predicted octanol–water partition coefficient (Wildman–Crippen LogP) is 3.94. The van der Waals surface area contributed by atoms with E-state index in [4.69, 9.17) is 9.47 Å². The van der Waals surface area contributed by atoms with Crippen molar-refractivity contribution < 1.29 is 13.9 Å². The highest BCUT2D eigenvalue weighted by atomic mass is 79.9. The van der Waals surface area contributed by atoms with Crippen LogP contribution in [0.2, 0.25) is 0 Å². The Balaban J connectivity index is 2.06. The zero-order valence-electron chi connectivity index (χ0n) is 11.9. The smallest absolute Gasteiger partial charge is 0.136 e. The second-order valence-corrected chi connectivity index (χ2v) is 5.35. The second kappa shape index (κ2) is 7.43. The molecular weight excluding hydrogens is 337 g/mol. The Kier molecular flexibility index (Phi) is 5.59. The minimum absolute atomic E-state index is 0.00562. The SMILES string of the molecule is CNC(COc1cc(F)ccc1Br)c1ccc(OC)cc1. The summed E-state index contributed by atoms with van der Waals surface area (Å²) in [6.45, 7) is 0.394. The lowest BCUT2D eigenvalue weighted by Gasteiger charge is -2.18. The summed E-state index contributed by atoms with van der Waals surface area (Å²) in [6.07, 6.45) is 0. The van der Waals surface area contributed by atoms with Gasteiger partial charge < -0.3 is 14.8 Å². The first-order chi connectivity index (χ1) is 10.1. The molecule has 0 heterocycles. The number of likely N-dealkylation sites (N-methyl/N-ethyl adjacent to an activating group) is 1. The van der Waals surface area contributed by atoms with E-state index in [1.807, 2.05) is 31.3 Å². The lowest BCUT2D eigenvalue weighted by atomic mass is 10.1. The van der Waals surface area contributed by atoms with Crippen molar-refractivity contribution in [3.8, 4) is 11.5 Å². The summed E-state index contributed by atoms with van der Waals surface area (Å²) in [5.41, 5.74) is 1.07. The molecule has 0 spiro atoms. The zero-order valence-corrected chi connectivity index (χ0v) is 13.5. The van der Waals surface area contributed by atoms with E-state index in [1.165, 1.54) is 12.1 Å². The van der Waals surface area contributed by atoms with Crippen molar-refractivity contribution in [1.29, 1.82) is 0 Å². The molecule has 0 fully saturated rings. The van der Waals surface area contributed by atoms with Gasteiger partial charge in [-0.3, -0.25) is 0 Å². The molecule has 2 rings (SSSR count). The quantitative estimate of drug-likeness (QED) is 0.853. The Hall–Kier alpha value is -1.59. The molecule has 3 nitrogen and oxygen atoms in total. The molecule has 0 saturated carbocycles. The third kappa shape index (κ3) is 4.19. The highest BCUT2D eigenvalue weighted by molar-refractivity contribution is 9.10. The molecule has 1 unspecified atom stereocenters. The van der Waals surface area contributed by atoms with Gasteiger partial charge in [0.25, 0.3) is 0 Å². The van der Waals surface area contributed by atoms with Crippen LogP contribution in [0.5, 0.6) is 11.5 Å². The topological polar surface area (TPSA) is 30.5 Å². The average molecular weight is 354 g/mol. The van der Waals surface area contributed by atoms with Gasteiger partial charge in [-0.2, -0.15) is 0 Å². The molecule has 0 amide bonds. The molecule has 0 aliphatic rings. The van der Waals surface area contributed by atoms with Gasteiger partial charge in [-0.25, -0.2) is 4.39 Å². The van der Waals surface area contributed by atoms with Crippen molar-refractivity contribution in [1.82, 2.24) is 5.32 Å². The molecule has 2 aromatic carbocycles. The Labute approximate surface area is 132 Å². The van der Waals surface area contributed by atoms with Gasteiger partial charge in [-0.1, -0.05) is 12.1 Å². The van der Waals surface area contributed by atoms with E-state index in [-0.39, 0.29) is 11.9 Å². The largest absolute Gasteiger partial charge is 0.497 e. The molecule has 0 aliphatic heterocycles. The van der Waals surface area contributed by atoms with E-state index < -0.39 is 0 Å². The Morgan fingerprint density at radius 3 is 2.52 bits per heavy atom. The average Bonchev–Trinajstić information content (AvgIpc) is 2.51. The molecule has 1 atom stereocenters. The van der Waals surface area contributed by atoms with Crippen LogP contribution in [-0.4, -0.2) is 20.8 Å². The maximum atomic E-state index is 13.2. The highest BCUT2D eigenvalue weighted by Gasteiger charge is 2.12. The molecule has 1 N–H and O–H groups in total. The van der Waals surface area contributed by atoms with Crippen molar-refractivity contribution in [3.05, 3.63) is 58.3 Å². The number of ether oxygens (including phenoxy) is 2. The fraction of sp³-hybridized carbons (Fsp3) is 0.250. The summed E-state index contributed by atoms with van der Waals surface area (Å²) in [5, 5.41) is 3.19. The number of halogens is 2. The maximum absolute atomic E-state index is 13.2. The minimum Gasteiger partial charge on any atom is -0.497 e. The molecule has 21 heavy (non-hydrogen) atoms. The van der Waals surface area contributed by atoms with Crippen LogP contribution in [0.25, 0.3) is 0 Å². The van der Waals surface area contributed by atoms with Gasteiger partial charge in [0.15, 0.2) is 0 Å². The maximum Gasteiger partial charge on any atom is 0.136 e. The summed E-state index contributed by atoms with van der Waals surface area (Å²) >= 11 is 3.35. The lowest BCUT2D eigenvalue weighted by molar-refractivity contribution is 0.270. The van der Waals surface area contributed by atoms with Gasteiger partial charge >= 0.3 is 0 Å². The van der Waals surface area contributed by atoms with E-state index in [0.717, 1.165) is 15.8 Å². The van der Waals surface area contributed by atoms with Gasteiger partial charge in [0.1, 0.15) is 23.9 Å². The van der Waals surface area contributed by atoms with Gasteiger partial charge in [0.2, 0.25) is 0 Å². The normalized spacial score (nSPS) is 12.0. The minimum atomic E-state index is -0.321. The summed E-state index contributed by atoms with van der Waals surface area (Å²) in [7, 11) is 3.49. The van der Waals surface area contributed by atoms with Crippen LogP contribution in [0.15, 0.2) is 46.9 Å². The van der Waals surface area contributed by atoms with Gasteiger partial charge in [-0.15, -0.1) is 0 Å². The van der Waals surface area contributed by atoms with Crippen LogP contribution in [0, 0.1) is 5.82 Å². The van der Waals surface area contributed by atoms with Crippen molar-refractivity contribution in [2.24, 2.45) is 0 Å². The van der Waals surface area contributed by atoms with Crippen molar-refractivity contribution in [2.75, 3.05) is 20.8 Å². The fourth-order valence-corrected chi connectivity index (χ4v) is 2.30. The van der Waals surface area contributed by atoms with Gasteiger partial charge in [0, 0.05) is 6.07 Å². The predicted molar refractivity (Wildman–Crippen MR) is 84.4 cm³/mol. The number of methoxy groups -OCH3 is 1. The van der Waals surface area contributed by atoms with Crippen molar-refractivity contribution in [2.45, 2.75) is 6.04 Å². The second-order valence-electron chi connectivity index (χ2n) is 4.50. The molecule has 0 saturated heterocycles. The van der Waals surface area contributed by atoms with Gasteiger partial charge in [-0.05, 0) is 52.8 Å². The van der Waals surface area contributed by atoms with Gasteiger partial charge in [0.05, 0.1) is 17.6 Å². The summed E-state index contributed by atoms with van der Waals surface area (Å²) < 4.78 is 24.8. The number of nitrogens with one attached hydrogen (secondary N) is 1. The number of hydrogen-bond acceptors (Lipinski definition) is 3. The first-order valence-electron chi connectivity index (χ1n) is 6.53. The number of benzene rings is 2. The van der Waals surface area contributed by atoms with E-state index in [2.05, 4.69) is 21.2 Å². The Morgan fingerprint density at radius 2 is 1.90 bits per heavy atom. The van der Waals surface area contributed by atoms with Crippen LogP contribution in [0.1, 0.15) is 11.6 Å². The summed E-state index contributed by atoms with van der Waals surface area (Å²) in [5.74, 6) is 0.977. The van der Waals surface area contributed by atoms with E-state index in [9.17, 15) is 4.39 Å². The Bertz CT molecular complexity index is 589. The molecule has 0 aliphatic carbocycles. The molecule has 0 bridgehead atoms. The first kappa shape index (κ1) is 15.8. The van der Waals surface area contributed by atoms with Crippen LogP contribution in [0.3, 0.4) is 0 Å². The van der Waals surface area contributed by atoms with Crippen molar-refractivity contribution in [3.63, 3.8) is 0 Å². The third-order valence-electron chi connectivity index (χ3n) is 3.17. The molecule has 0 aromatic heterocycles. The molecule has 0 radical (unpaired) electrons. The van der Waals surface area contributed by atoms with Crippen molar-refractivity contribution >= 4 is 15.9 Å². The van der Waals surface area contributed by atoms with E-state index >= 15 is 0 Å². The summed E-state index contributed by atoms with van der Waals surface area (Å²) in [4.78, 5) is 0. The standard InChI is InChI=1S/C16H17BrFNO2/c1-19-15(11-3-6-13(20-2)7-4-11)10-21-16-9-12(18)5-8-14(16)17/h3-9,15,19H,10H2,1-2H3. The molecule has 2 aromatic rings. The fourth-order valence-electron chi connectivity index (χ4n) is 1.94. The molecule has 5 heteroatoms. The Morgan fingerprint density at radius 1 is 1.19 bits per heavy atom. The monoisotopic (exact) mass is 353 g/mol. The van der Waals surface area contributed by atoms with Crippen LogP contribution in [-0.2, 0) is 0 Å². The highest BCUT2D eigenvalue weighted by Crippen LogP contribution is 2.27. The molecule has 112 valence electrons. The lowest BCUT2D eigenvalue weighted by Crippen LogP contribution is -2.23. The zero-order chi connectivity index (χ0) is 15.2. The van der Waals surface area contributed by atoms with E-state index in [0.29, 0.717) is 12.4 Å².